The molecule has 0 aliphatic heterocycles. The summed E-state index contributed by atoms with van der Waals surface area (Å²) in [6.45, 7) is 0.108. The van der Waals surface area contributed by atoms with Gasteiger partial charge in [0.15, 0.2) is 6.10 Å². The molecule has 6 heteroatoms. The number of esters is 1. The Labute approximate surface area is 178 Å². The number of hydrogen-bond acceptors (Lipinski definition) is 5. The molecule has 0 N–H and O–H groups in total. The SMILES string of the molecule is O=C(CCn1cnc2ccccc2c1=O)OC(C(=O)c1ccccc1)c1ccccc1. The van der Waals surface area contributed by atoms with Crippen molar-refractivity contribution in [3.63, 3.8) is 0 Å². The van der Waals surface area contributed by atoms with Crippen LogP contribution in [0.5, 0.6) is 0 Å². The van der Waals surface area contributed by atoms with Crippen LogP contribution in [0.4, 0.5) is 0 Å². The van der Waals surface area contributed by atoms with Gasteiger partial charge in [-0.3, -0.25) is 19.0 Å². The molecule has 154 valence electrons. The minimum atomic E-state index is -1.05. The van der Waals surface area contributed by atoms with Crippen LogP contribution < -0.4 is 5.56 Å². The molecule has 1 unspecified atom stereocenters. The van der Waals surface area contributed by atoms with E-state index in [2.05, 4.69) is 4.98 Å². The van der Waals surface area contributed by atoms with Gasteiger partial charge >= 0.3 is 5.97 Å². The number of ketones is 1. The molecule has 1 heterocycles. The van der Waals surface area contributed by atoms with Gasteiger partial charge < -0.3 is 4.74 Å². The van der Waals surface area contributed by atoms with Gasteiger partial charge in [0.05, 0.1) is 23.7 Å². The van der Waals surface area contributed by atoms with Crippen molar-refractivity contribution in [1.29, 1.82) is 0 Å². The summed E-state index contributed by atoms with van der Waals surface area (Å²) in [5.41, 5.74) is 1.43. The number of para-hydroxylation sites is 1. The average Bonchev–Trinajstić information content (AvgIpc) is 2.83. The number of fused-ring (bicyclic) bond motifs is 1. The first kappa shape index (κ1) is 20.2. The van der Waals surface area contributed by atoms with Crippen LogP contribution in [-0.4, -0.2) is 21.3 Å². The summed E-state index contributed by atoms with van der Waals surface area (Å²) in [5.74, 6) is -0.872. The van der Waals surface area contributed by atoms with Crippen LogP contribution in [0.25, 0.3) is 10.9 Å². The highest BCUT2D eigenvalue weighted by Gasteiger charge is 2.26. The zero-order chi connectivity index (χ0) is 21.6. The van der Waals surface area contributed by atoms with Gasteiger partial charge in [0.25, 0.3) is 5.56 Å². The van der Waals surface area contributed by atoms with Crippen LogP contribution in [0.15, 0.2) is 96.1 Å². The quantitative estimate of drug-likeness (QED) is 0.339. The number of carbonyl (C=O) groups excluding carboxylic acids is 2. The van der Waals surface area contributed by atoms with Crippen LogP contribution in [0.3, 0.4) is 0 Å². The van der Waals surface area contributed by atoms with E-state index in [0.717, 1.165) is 0 Å². The number of nitrogens with zero attached hydrogens (tertiary/aromatic N) is 2. The Kier molecular flexibility index (Phi) is 5.98. The molecule has 0 saturated carbocycles. The van der Waals surface area contributed by atoms with Crippen molar-refractivity contribution in [2.24, 2.45) is 0 Å². The van der Waals surface area contributed by atoms with Gasteiger partial charge in [0.2, 0.25) is 5.78 Å². The van der Waals surface area contributed by atoms with Crippen LogP contribution in [0.2, 0.25) is 0 Å². The fraction of sp³-hybridized carbons (Fsp3) is 0.120. The average molecular weight is 412 g/mol. The van der Waals surface area contributed by atoms with E-state index in [-0.39, 0.29) is 24.3 Å². The number of aryl methyl sites for hydroxylation is 1. The lowest BCUT2D eigenvalue weighted by Gasteiger charge is -2.17. The molecule has 4 rings (SSSR count). The van der Waals surface area contributed by atoms with Gasteiger partial charge in [-0.05, 0) is 12.1 Å². The molecule has 0 spiro atoms. The molecule has 31 heavy (non-hydrogen) atoms. The molecule has 0 fully saturated rings. The number of carbonyl (C=O) groups is 2. The summed E-state index contributed by atoms with van der Waals surface area (Å²) in [5, 5.41) is 0.486. The Morgan fingerprint density at radius 3 is 2.26 bits per heavy atom. The normalized spacial score (nSPS) is 11.7. The highest BCUT2D eigenvalue weighted by atomic mass is 16.5. The fourth-order valence-corrected chi connectivity index (χ4v) is 3.32. The summed E-state index contributed by atoms with van der Waals surface area (Å²) in [6, 6.07) is 24.6. The third kappa shape index (κ3) is 4.59. The second kappa shape index (κ2) is 9.17. The fourth-order valence-electron chi connectivity index (χ4n) is 3.32. The lowest BCUT2D eigenvalue weighted by atomic mass is 10.00. The van der Waals surface area contributed by atoms with E-state index in [1.807, 2.05) is 18.2 Å². The second-order valence-corrected chi connectivity index (χ2v) is 7.02. The summed E-state index contributed by atoms with van der Waals surface area (Å²) in [6.07, 6.45) is 0.301. The van der Waals surface area contributed by atoms with E-state index < -0.39 is 12.1 Å². The highest BCUT2D eigenvalue weighted by Crippen LogP contribution is 2.23. The minimum Gasteiger partial charge on any atom is -0.449 e. The minimum absolute atomic E-state index is 0.0642. The Hall–Kier alpha value is -4.06. The van der Waals surface area contributed by atoms with Crippen molar-refractivity contribution in [3.8, 4) is 0 Å². The maximum atomic E-state index is 13.0. The van der Waals surface area contributed by atoms with Crippen LogP contribution in [0.1, 0.15) is 28.4 Å². The van der Waals surface area contributed by atoms with Crippen molar-refractivity contribution in [2.45, 2.75) is 19.1 Å². The Balaban J connectivity index is 1.51. The van der Waals surface area contributed by atoms with E-state index in [9.17, 15) is 14.4 Å². The molecule has 4 aromatic rings. The van der Waals surface area contributed by atoms with Gasteiger partial charge in [0, 0.05) is 17.7 Å². The molecule has 0 radical (unpaired) electrons. The highest BCUT2D eigenvalue weighted by molar-refractivity contribution is 6.01. The van der Waals surface area contributed by atoms with Crippen molar-refractivity contribution in [1.82, 2.24) is 9.55 Å². The second-order valence-electron chi connectivity index (χ2n) is 7.02. The monoisotopic (exact) mass is 412 g/mol. The molecule has 1 atom stereocenters. The van der Waals surface area contributed by atoms with E-state index in [1.54, 1.807) is 66.7 Å². The summed E-state index contributed by atoms with van der Waals surface area (Å²) in [7, 11) is 0. The van der Waals surface area contributed by atoms with E-state index in [1.165, 1.54) is 10.9 Å². The third-order valence-electron chi connectivity index (χ3n) is 4.94. The molecule has 3 aromatic carbocycles. The van der Waals surface area contributed by atoms with Crippen molar-refractivity contribution in [3.05, 3.63) is 113 Å². The summed E-state index contributed by atoms with van der Waals surface area (Å²) < 4.78 is 6.95. The predicted molar refractivity (Wildman–Crippen MR) is 117 cm³/mol. The number of ether oxygens (including phenoxy) is 1. The zero-order valence-electron chi connectivity index (χ0n) is 16.7. The number of aromatic nitrogens is 2. The van der Waals surface area contributed by atoms with Gasteiger partial charge in [0.1, 0.15) is 0 Å². The number of rotatable bonds is 7. The van der Waals surface area contributed by atoms with Gasteiger partial charge in [-0.2, -0.15) is 0 Å². The zero-order valence-corrected chi connectivity index (χ0v) is 16.7. The Morgan fingerprint density at radius 2 is 1.52 bits per heavy atom. The molecule has 0 saturated heterocycles. The molecule has 1 aromatic heterocycles. The first-order valence-corrected chi connectivity index (χ1v) is 9.91. The first-order valence-electron chi connectivity index (χ1n) is 9.91. The van der Waals surface area contributed by atoms with Crippen molar-refractivity contribution in [2.75, 3.05) is 0 Å². The summed E-state index contributed by atoms with van der Waals surface area (Å²) >= 11 is 0. The molecular weight excluding hydrogens is 392 g/mol. The standard InChI is InChI=1S/C25H20N2O4/c28-22(15-16-27-17-26-21-14-8-7-13-20(21)25(27)30)31-24(19-11-5-2-6-12-19)23(29)18-9-3-1-4-10-18/h1-14,17,24H,15-16H2. The van der Waals surface area contributed by atoms with E-state index in [4.69, 9.17) is 4.74 Å². The van der Waals surface area contributed by atoms with Crippen molar-refractivity contribution < 1.29 is 14.3 Å². The molecular formula is C25H20N2O4. The maximum Gasteiger partial charge on any atom is 0.308 e. The number of hydrogen-bond donors (Lipinski definition) is 0. The van der Waals surface area contributed by atoms with Gasteiger partial charge in [-0.1, -0.05) is 72.8 Å². The Bertz CT molecular complexity index is 1270. The van der Waals surface area contributed by atoms with Crippen molar-refractivity contribution >= 4 is 22.7 Å². The summed E-state index contributed by atoms with van der Waals surface area (Å²) in [4.78, 5) is 42.5. The molecule has 6 nitrogen and oxygen atoms in total. The predicted octanol–water partition coefficient (Wildman–Crippen LogP) is 3.95. The smallest absolute Gasteiger partial charge is 0.308 e. The van der Waals surface area contributed by atoms with E-state index >= 15 is 0 Å². The lowest BCUT2D eigenvalue weighted by Crippen LogP contribution is -2.24. The largest absolute Gasteiger partial charge is 0.449 e. The third-order valence-corrected chi connectivity index (χ3v) is 4.94. The van der Waals surface area contributed by atoms with E-state index in [0.29, 0.717) is 22.0 Å². The van der Waals surface area contributed by atoms with Crippen LogP contribution in [0, 0.1) is 0 Å². The lowest BCUT2D eigenvalue weighted by molar-refractivity contribution is -0.147. The molecule has 0 aliphatic carbocycles. The van der Waals surface area contributed by atoms with Gasteiger partial charge in [-0.25, -0.2) is 4.98 Å². The van der Waals surface area contributed by atoms with Crippen LogP contribution in [-0.2, 0) is 16.1 Å². The maximum absolute atomic E-state index is 13.0. The van der Waals surface area contributed by atoms with Gasteiger partial charge in [-0.15, -0.1) is 0 Å². The number of benzene rings is 3. The Morgan fingerprint density at radius 1 is 0.871 bits per heavy atom. The molecule has 0 aliphatic rings. The topological polar surface area (TPSA) is 78.3 Å². The molecule has 0 amide bonds. The van der Waals surface area contributed by atoms with Crippen LogP contribution >= 0.6 is 0 Å². The first-order chi connectivity index (χ1) is 15.1. The molecule has 0 bridgehead atoms. The number of Topliss-reactive ketones (excluding diaryl/α,β-unsaturated/α-hetero) is 1.